The summed E-state index contributed by atoms with van der Waals surface area (Å²) in [5.41, 5.74) is 1.88. The van der Waals surface area contributed by atoms with Crippen LogP contribution in [-0.4, -0.2) is 37.9 Å². The molecule has 1 unspecified atom stereocenters. The van der Waals surface area contributed by atoms with E-state index < -0.39 is 0 Å². The molecule has 2 rings (SSSR count). The average Bonchev–Trinajstić information content (AvgIpc) is 3.06. The molecule has 1 aromatic carbocycles. The van der Waals surface area contributed by atoms with Crippen LogP contribution in [0, 0.1) is 5.41 Å². The van der Waals surface area contributed by atoms with E-state index in [2.05, 4.69) is 41.6 Å². The van der Waals surface area contributed by atoms with Crippen LogP contribution in [0.1, 0.15) is 26.5 Å². The second-order valence-corrected chi connectivity index (χ2v) is 6.95. The van der Waals surface area contributed by atoms with Crippen LogP contribution >= 0.6 is 0 Å². The van der Waals surface area contributed by atoms with Gasteiger partial charge in [0.15, 0.2) is 11.7 Å². The second kappa shape index (κ2) is 8.67. The normalized spacial score (nSPS) is 13.6. The van der Waals surface area contributed by atoms with Gasteiger partial charge < -0.3 is 19.9 Å². The van der Waals surface area contributed by atoms with Crippen LogP contribution in [0.2, 0.25) is 0 Å². The zero-order chi connectivity index (χ0) is 18.3. The minimum Gasteiger partial charge on any atom is -0.379 e. The lowest BCUT2D eigenvalue weighted by molar-refractivity contribution is 0.0205. The van der Waals surface area contributed by atoms with Crippen LogP contribution in [0.5, 0.6) is 0 Å². The molecule has 136 valence electrons. The number of benzene rings is 1. The molecule has 0 saturated heterocycles. The molecule has 0 aliphatic carbocycles. The van der Waals surface area contributed by atoms with Crippen molar-refractivity contribution in [3.8, 4) is 11.3 Å². The van der Waals surface area contributed by atoms with Crippen LogP contribution in [0.15, 0.2) is 45.9 Å². The van der Waals surface area contributed by atoms with E-state index in [1.54, 1.807) is 14.2 Å². The third-order valence-electron chi connectivity index (χ3n) is 3.98. The van der Waals surface area contributed by atoms with E-state index in [0.29, 0.717) is 19.0 Å². The van der Waals surface area contributed by atoms with Crippen molar-refractivity contribution in [1.29, 1.82) is 0 Å². The number of nitrogens with zero attached hydrogens (tertiary/aromatic N) is 2. The Kier molecular flexibility index (Phi) is 6.58. The summed E-state index contributed by atoms with van der Waals surface area (Å²) in [6.07, 6.45) is 0.0859. The summed E-state index contributed by atoms with van der Waals surface area (Å²) in [7, 11) is 3.47. The molecular weight excluding hydrogens is 316 g/mol. The maximum absolute atomic E-state index is 5.55. The number of hydrogen-bond donors (Lipinski definition) is 2. The molecule has 6 nitrogen and oxygen atoms in total. The number of aromatic nitrogens is 1. The van der Waals surface area contributed by atoms with Gasteiger partial charge in [-0.2, -0.15) is 0 Å². The SMILES string of the molecule is CN=C(NCc1cc(-c2ccccc2)on1)NCC(OC)C(C)(C)C. The summed E-state index contributed by atoms with van der Waals surface area (Å²) in [5.74, 6) is 1.46. The van der Waals surface area contributed by atoms with Crippen LogP contribution < -0.4 is 10.6 Å². The van der Waals surface area contributed by atoms with Crippen molar-refractivity contribution in [3.05, 3.63) is 42.1 Å². The molecule has 0 aliphatic rings. The van der Waals surface area contributed by atoms with Crippen LogP contribution in [-0.2, 0) is 11.3 Å². The molecule has 0 spiro atoms. The first-order chi connectivity index (χ1) is 11.9. The van der Waals surface area contributed by atoms with Gasteiger partial charge >= 0.3 is 0 Å². The molecular formula is C19H28N4O2. The van der Waals surface area contributed by atoms with Crippen LogP contribution in [0.3, 0.4) is 0 Å². The highest BCUT2D eigenvalue weighted by molar-refractivity contribution is 5.79. The van der Waals surface area contributed by atoms with Crippen LogP contribution in [0.25, 0.3) is 11.3 Å². The Labute approximate surface area is 149 Å². The van der Waals surface area contributed by atoms with E-state index in [-0.39, 0.29) is 11.5 Å². The molecule has 1 heterocycles. The topological polar surface area (TPSA) is 71.7 Å². The largest absolute Gasteiger partial charge is 0.379 e. The zero-order valence-corrected chi connectivity index (χ0v) is 15.7. The first kappa shape index (κ1) is 19.0. The Balaban J connectivity index is 1.88. The Bertz CT molecular complexity index is 674. The smallest absolute Gasteiger partial charge is 0.191 e. The Hall–Kier alpha value is -2.34. The first-order valence-corrected chi connectivity index (χ1v) is 8.42. The molecule has 0 bridgehead atoms. The lowest BCUT2D eigenvalue weighted by Crippen LogP contribution is -2.45. The predicted molar refractivity (Wildman–Crippen MR) is 100 cm³/mol. The van der Waals surface area contributed by atoms with Gasteiger partial charge in [0.2, 0.25) is 0 Å². The van der Waals surface area contributed by atoms with Gasteiger partial charge in [-0.25, -0.2) is 0 Å². The van der Waals surface area contributed by atoms with Gasteiger partial charge in [0.05, 0.1) is 12.6 Å². The molecule has 6 heteroatoms. The van der Waals surface area contributed by atoms with Crippen LogP contribution in [0.4, 0.5) is 0 Å². The number of hydrogen-bond acceptors (Lipinski definition) is 4. The van der Waals surface area contributed by atoms with Gasteiger partial charge in [-0.15, -0.1) is 0 Å². The van der Waals surface area contributed by atoms with Gasteiger partial charge in [-0.05, 0) is 5.41 Å². The van der Waals surface area contributed by atoms with Crippen molar-refractivity contribution in [1.82, 2.24) is 15.8 Å². The standard InChI is InChI=1S/C19H28N4O2/c1-19(2,3)17(24-5)13-22-18(20-4)21-12-15-11-16(25-23-15)14-9-7-6-8-10-14/h6-11,17H,12-13H2,1-5H3,(H2,20,21,22). The summed E-state index contributed by atoms with van der Waals surface area (Å²) in [5, 5.41) is 10.6. The fraction of sp³-hybridized carbons (Fsp3) is 0.474. The molecule has 2 N–H and O–H groups in total. The molecule has 1 atom stereocenters. The molecule has 1 aromatic heterocycles. The Morgan fingerprint density at radius 1 is 1.24 bits per heavy atom. The lowest BCUT2D eigenvalue weighted by Gasteiger charge is -2.30. The Morgan fingerprint density at radius 2 is 1.96 bits per heavy atom. The van der Waals surface area contributed by atoms with E-state index in [4.69, 9.17) is 9.26 Å². The second-order valence-electron chi connectivity index (χ2n) is 6.95. The lowest BCUT2D eigenvalue weighted by atomic mass is 9.89. The number of methoxy groups -OCH3 is 1. The number of rotatable bonds is 6. The van der Waals surface area contributed by atoms with E-state index in [1.807, 2.05) is 36.4 Å². The van der Waals surface area contributed by atoms with E-state index >= 15 is 0 Å². The quantitative estimate of drug-likeness (QED) is 0.622. The minimum atomic E-state index is 0.0529. The highest BCUT2D eigenvalue weighted by Crippen LogP contribution is 2.21. The summed E-state index contributed by atoms with van der Waals surface area (Å²) in [6, 6.07) is 11.8. The molecule has 0 aliphatic heterocycles. The summed E-state index contributed by atoms with van der Waals surface area (Å²) < 4.78 is 11.0. The monoisotopic (exact) mass is 344 g/mol. The van der Waals surface area contributed by atoms with Crippen molar-refractivity contribution in [2.45, 2.75) is 33.4 Å². The Morgan fingerprint density at radius 3 is 2.56 bits per heavy atom. The molecule has 0 amide bonds. The highest BCUT2D eigenvalue weighted by atomic mass is 16.5. The van der Waals surface area contributed by atoms with Crippen molar-refractivity contribution in [3.63, 3.8) is 0 Å². The maximum Gasteiger partial charge on any atom is 0.191 e. The fourth-order valence-corrected chi connectivity index (χ4v) is 2.46. The summed E-state index contributed by atoms with van der Waals surface area (Å²) in [6.45, 7) is 7.66. The van der Waals surface area contributed by atoms with E-state index in [0.717, 1.165) is 17.0 Å². The summed E-state index contributed by atoms with van der Waals surface area (Å²) in [4.78, 5) is 4.24. The number of nitrogens with one attached hydrogen (secondary N) is 2. The minimum absolute atomic E-state index is 0.0529. The van der Waals surface area contributed by atoms with E-state index in [9.17, 15) is 0 Å². The van der Waals surface area contributed by atoms with Crippen molar-refractivity contribution >= 4 is 5.96 Å². The van der Waals surface area contributed by atoms with Crippen molar-refractivity contribution in [2.75, 3.05) is 20.7 Å². The van der Waals surface area contributed by atoms with Gasteiger partial charge in [-0.1, -0.05) is 56.3 Å². The molecule has 0 radical (unpaired) electrons. The number of guanidine groups is 1. The molecule has 2 aromatic rings. The number of aliphatic imine (C=N–C) groups is 1. The molecule has 0 saturated carbocycles. The van der Waals surface area contributed by atoms with Gasteiger partial charge in [0.1, 0.15) is 5.69 Å². The van der Waals surface area contributed by atoms with Gasteiger partial charge in [0.25, 0.3) is 0 Å². The third kappa shape index (κ3) is 5.60. The van der Waals surface area contributed by atoms with Gasteiger partial charge in [0, 0.05) is 32.3 Å². The van der Waals surface area contributed by atoms with Crippen molar-refractivity contribution in [2.24, 2.45) is 10.4 Å². The first-order valence-electron chi connectivity index (χ1n) is 8.42. The molecule has 25 heavy (non-hydrogen) atoms. The molecule has 0 fully saturated rings. The zero-order valence-electron chi connectivity index (χ0n) is 15.7. The number of ether oxygens (including phenoxy) is 1. The third-order valence-corrected chi connectivity index (χ3v) is 3.98. The maximum atomic E-state index is 5.55. The van der Waals surface area contributed by atoms with E-state index in [1.165, 1.54) is 0 Å². The van der Waals surface area contributed by atoms with Crippen molar-refractivity contribution < 1.29 is 9.26 Å². The average molecular weight is 344 g/mol. The highest BCUT2D eigenvalue weighted by Gasteiger charge is 2.24. The fourth-order valence-electron chi connectivity index (χ4n) is 2.46. The summed E-state index contributed by atoms with van der Waals surface area (Å²) >= 11 is 0. The predicted octanol–water partition coefficient (Wildman–Crippen LogP) is 3.07. The van der Waals surface area contributed by atoms with Gasteiger partial charge in [-0.3, -0.25) is 4.99 Å².